The van der Waals surface area contributed by atoms with E-state index in [0.29, 0.717) is 5.69 Å². The van der Waals surface area contributed by atoms with Gasteiger partial charge in [0.25, 0.3) is 5.91 Å². The Balaban J connectivity index is 2.32. The number of aliphatic carboxylic acids is 1. The van der Waals surface area contributed by atoms with Gasteiger partial charge in [0, 0.05) is 18.3 Å². The quantitative estimate of drug-likeness (QED) is 0.902. The molecule has 104 valence electrons. The lowest BCUT2D eigenvalue weighted by molar-refractivity contribution is -0.136. The lowest BCUT2D eigenvalue weighted by Crippen LogP contribution is -2.33. The first kappa shape index (κ1) is 13.8. The van der Waals surface area contributed by atoms with E-state index < -0.39 is 5.97 Å². The van der Waals surface area contributed by atoms with Crippen LogP contribution >= 0.6 is 0 Å². The lowest BCUT2D eigenvalue weighted by Gasteiger charge is -2.22. The van der Waals surface area contributed by atoms with E-state index in [9.17, 15) is 9.59 Å². The highest BCUT2D eigenvalue weighted by Crippen LogP contribution is 2.21. The maximum absolute atomic E-state index is 12.4. The van der Waals surface area contributed by atoms with E-state index in [1.807, 2.05) is 19.1 Å². The first-order valence-corrected chi connectivity index (χ1v) is 6.09. The molecule has 0 aliphatic heterocycles. The molecule has 0 radical (unpaired) electrons. The van der Waals surface area contributed by atoms with Gasteiger partial charge in [-0.2, -0.15) is 0 Å². The van der Waals surface area contributed by atoms with Crippen molar-refractivity contribution in [3.05, 3.63) is 47.9 Å². The molecular formula is C14H14N2O4. The van der Waals surface area contributed by atoms with Crippen LogP contribution in [-0.2, 0) is 4.79 Å². The number of carbonyl (C=O) groups is 2. The molecule has 0 atom stereocenters. The third-order valence-electron chi connectivity index (χ3n) is 2.86. The van der Waals surface area contributed by atoms with Crippen molar-refractivity contribution in [2.75, 3.05) is 11.4 Å². The summed E-state index contributed by atoms with van der Waals surface area (Å²) in [7, 11) is 0. The van der Waals surface area contributed by atoms with E-state index in [4.69, 9.17) is 5.11 Å². The minimum absolute atomic E-state index is 0.0753. The van der Waals surface area contributed by atoms with Crippen LogP contribution in [0.1, 0.15) is 22.5 Å². The van der Waals surface area contributed by atoms with Crippen LogP contribution in [-0.4, -0.2) is 28.7 Å². The van der Waals surface area contributed by atoms with E-state index in [0.717, 1.165) is 5.56 Å². The molecule has 0 spiro atoms. The molecule has 1 heterocycles. The van der Waals surface area contributed by atoms with Crippen LogP contribution < -0.4 is 4.90 Å². The third-order valence-corrected chi connectivity index (χ3v) is 2.86. The first-order valence-electron chi connectivity index (χ1n) is 6.09. The number of aryl methyl sites for hydroxylation is 1. The summed E-state index contributed by atoms with van der Waals surface area (Å²) in [5, 5.41) is 12.4. The number of carboxylic acid groups (broad SMARTS) is 1. The highest BCUT2D eigenvalue weighted by molar-refractivity contribution is 6.05. The van der Waals surface area contributed by atoms with Gasteiger partial charge in [-0.05, 0) is 18.6 Å². The number of benzene rings is 1. The van der Waals surface area contributed by atoms with Crippen LogP contribution in [0.3, 0.4) is 0 Å². The molecule has 20 heavy (non-hydrogen) atoms. The standard InChI is InChI=1S/C14H14N2O4/c1-10-4-2-3-5-12(10)16(8-6-13(17)18)14(19)11-7-9-20-15-11/h2-5,7,9H,6,8H2,1H3,(H,17,18). The minimum Gasteiger partial charge on any atom is -0.481 e. The first-order chi connectivity index (χ1) is 9.59. The van der Waals surface area contributed by atoms with Gasteiger partial charge in [0.1, 0.15) is 6.26 Å². The Hall–Kier alpha value is -2.63. The van der Waals surface area contributed by atoms with Gasteiger partial charge < -0.3 is 14.5 Å². The monoisotopic (exact) mass is 274 g/mol. The average molecular weight is 274 g/mol. The number of aromatic nitrogens is 1. The lowest BCUT2D eigenvalue weighted by atomic mass is 10.1. The molecule has 0 saturated heterocycles. The number of nitrogens with zero attached hydrogens (tertiary/aromatic N) is 2. The Morgan fingerprint density at radius 2 is 2.05 bits per heavy atom. The van der Waals surface area contributed by atoms with Crippen molar-refractivity contribution in [2.24, 2.45) is 0 Å². The summed E-state index contributed by atoms with van der Waals surface area (Å²) >= 11 is 0. The fraction of sp³-hybridized carbons (Fsp3) is 0.214. The Bertz CT molecular complexity index is 607. The van der Waals surface area contributed by atoms with E-state index in [-0.39, 0.29) is 24.6 Å². The van der Waals surface area contributed by atoms with Gasteiger partial charge in [-0.3, -0.25) is 9.59 Å². The maximum Gasteiger partial charge on any atom is 0.305 e. The van der Waals surface area contributed by atoms with Crippen molar-refractivity contribution < 1.29 is 19.2 Å². The number of carboxylic acids is 1. The molecule has 1 N–H and O–H groups in total. The average Bonchev–Trinajstić information content (AvgIpc) is 2.94. The second kappa shape index (κ2) is 6.01. The second-order valence-electron chi connectivity index (χ2n) is 4.27. The van der Waals surface area contributed by atoms with Crippen molar-refractivity contribution in [3.8, 4) is 0 Å². The van der Waals surface area contributed by atoms with Crippen LogP contribution in [0.25, 0.3) is 0 Å². The predicted octanol–water partition coefficient (Wildman–Crippen LogP) is 2.10. The Morgan fingerprint density at radius 3 is 2.65 bits per heavy atom. The number of anilines is 1. The summed E-state index contributed by atoms with van der Waals surface area (Å²) in [6.07, 6.45) is 1.17. The van der Waals surface area contributed by atoms with E-state index >= 15 is 0 Å². The summed E-state index contributed by atoms with van der Waals surface area (Å²) in [6, 6.07) is 8.74. The van der Waals surface area contributed by atoms with Crippen LogP contribution in [0.4, 0.5) is 5.69 Å². The molecule has 1 aromatic carbocycles. The molecule has 0 aliphatic carbocycles. The van der Waals surface area contributed by atoms with Crippen molar-refractivity contribution in [3.63, 3.8) is 0 Å². The Morgan fingerprint density at radius 1 is 1.30 bits per heavy atom. The number of hydrogen-bond donors (Lipinski definition) is 1. The molecule has 0 unspecified atom stereocenters. The van der Waals surface area contributed by atoms with Crippen molar-refractivity contribution in [2.45, 2.75) is 13.3 Å². The number of hydrogen-bond acceptors (Lipinski definition) is 4. The van der Waals surface area contributed by atoms with Gasteiger partial charge in [0.05, 0.1) is 6.42 Å². The fourth-order valence-electron chi connectivity index (χ4n) is 1.87. The van der Waals surface area contributed by atoms with Gasteiger partial charge in [0.15, 0.2) is 5.69 Å². The van der Waals surface area contributed by atoms with Crippen molar-refractivity contribution >= 4 is 17.6 Å². The summed E-state index contributed by atoms with van der Waals surface area (Å²) in [6.45, 7) is 1.94. The SMILES string of the molecule is Cc1ccccc1N(CCC(=O)O)C(=O)c1ccon1. The van der Waals surface area contributed by atoms with Gasteiger partial charge in [-0.25, -0.2) is 0 Å². The van der Waals surface area contributed by atoms with E-state index in [2.05, 4.69) is 9.68 Å². The number of rotatable bonds is 5. The molecule has 0 saturated carbocycles. The van der Waals surface area contributed by atoms with Crippen LogP contribution in [0.15, 0.2) is 41.1 Å². The van der Waals surface area contributed by atoms with Gasteiger partial charge in [0.2, 0.25) is 0 Å². The summed E-state index contributed by atoms with van der Waals surface area (Å²) in [5.74, 6) is -1.34. The predicted molar refractivity (Wildman–Crippen MR) is 71.6 cm³/mol. The molecule has 6 heteroatoms. The zero-order valence-electron chi connectivity index (χ0n) is 10.9. The third kappa shape index (κ3) is 3.03. The van der Waals surface area contributed by atoms with Gasteiger partial charge >= 0.3 is 5.97 Å². The van der Waals surface area contributed by atoms with E-state index in [1.54, 1.807) is 12.1 Å². The smallest absolute Gasteiger partial charge is 0.305 e. The zero-order valence-corrected chi connectivity index (χ0v) is 10.9. The highest BCUT2D eigenvalue weighted by Gasteiger charge is 2.21. The number of para-hydroxylation sites is 1. The molecule has 2 aromatic rings. The van der Waals surface area contributed by atoms with Crippen LogP contribution in [0, 0.1) is 6.92 Å². The number of amides is 1. The molecule has 6 nitrogen and oxygen atoms in total. The summed E-state index contributed by atoms with van der Waals surface area (Å²) < 4.78 is 4.66. The minimum atomic E-state index is -0.962. The Labute approximate surface area is 115 Å². The molecular weight excluding hydrogens is 260 g/mol. The Kier molecular flexibility index (Phi) is 4.14. The summed E-state index contributed by atoms with van der Waals surface area (Å²) in [5.41, 5.74) is 1.70. The molecule has 2 rings (SSSR count). The molecule has 1 aromatic heterocycles. The zero-order chi connectivity index (χ0) is 14.5. The van der Waals surface area contributed by atoms with Crippen LogP contribution in [0.5, 0.6) is 0 Å². The molecule has 1 amide bonds. The van der Waals surface area contributed by atoms with Crippen LogP contribution in [0.2, 0.25) is 0 Å². The highest BCUT2D eigenvalue weighted by atomic mass is 16.5. The summed E-state index contributed by atoms with van der Waals surface area (Å²) in [4.78, 5) is 24.5. The normalized spacial score (nSPS) is 10.2. The fourth-order valence-corrected chi connectivity index (χ4v) is 1.87. The van der Waals surface area contributed by atoms with Crippen molar-refractivity contribution in [1.29, 1.82) is 0 Å². The van der Waals surface area contributed by atoms with E-state index in [1.165, 1.54) is 17.2 Å². The number of carbonyl (C=O) groups excluding carboxylic acids is 1. The molecule has 0 bridgehead atoms. The largest absolute Gasteiger partial charge is 0.481 e. The molecule has 0 fully saturated rings. The van der Waals surface area contributed by atoms with Crippen molar-refractivity contribution in [1.82, 2.24) is 5.16 Å². The second-order valence-corrected chi connectivity index (χ2v) is 4.27. The van der Waals surface area contributed by atoms with Gasteiger partial charge in [-0.15, -0.1) is 0 Å². The molecule has 0 aliphatic rings. The topological polar surface area (TPSA) is 83.6 Å². The maximum atomic E-state index is 12.4. The van der Waals surface area contributed by atoms with Gasteiger partial charge in [-0.1, -0.05) is 23.4 Å².